The lowest BCUT2D eigenvalue weighted by Crippen LogP contribution is -2.38. The number of nitrogens with zero attached hydrogens (tertiary/aromatic N) is 5. The Morgan fingerprint density at radius 3 is 2.47 bits per heavy atom. The van der Waals surface area contributed by atoms with E-state index in [1.807, 2.05) is 6.07 Å². The number of thiophene rings is 1. The summed E-state index contributed by atoms with van der Waals surface area (Å²) < 4.78 is 42.1. The van der Waals surface area contributed by atoms with Crippen molar-refractivity contribution in [2.45, 2.75) is 48.8 Å². The second kappa shape index (κ2) is 16.4. The minimum absolute atomic E-state index is 0.00403. The van der Waals surface area contributed by atoms with Crippen LogP contribution in [-0.4, -0.2) is 78.2 Å². The van der Waals surface area contributed by atoms with Gasteiger partial charge < -0.3 is 19.7 Å². The first-order chi connectivity index (χ1) is 22.7. The number of carbonyl (C=O) groups excluding carboxylic acids is 1. The third-order valence-corrected chi connectivity index (χ3v) is 11.1. The number of sulfonamides is 1. The zero-order chi connectivity index (χ0) is 33.2. The van der Waals surface area contributed by atoms with Crippen molar-refractivity contribution in [3.63, 3.8) is 0 Å². The molecule has 5 rings (SSSR count). The summed E-state index contributed by atoms with van der Waals surface area (Å²) in [5.74, 6) is 1.05. The normalized spacial score (nSPS) is 13.8. The van der Waals surface area contributed by atoms with Crippen LogP contribution in [0.1, 0.15) is 38.0 Å². The first-order valence-corrected chi connectivity index (χ1v) is 18.7. The van der Waals surface area contributed by atoms with Crippen molar-refractivity contribution >= 4 is 44.8 Å². The average Bonchev–Trinajstić information content (AvgIpc) is 3.55. The van der Waals surface area contributed by atoms with Crippen LogP contribution >= 0.6 is 23.1 Å². The molecule has 0 spiro atoms. The van der Waals surface area contributed by atoms with Gasteiger partial charge in [-0.1, -0.05) is 44.2 Å². The predicted octanol–water partition coefficient (Wildman–Crippen LogP) is 5.49. The summed E-state index contributed by atoms with van der Waals surface area (Å²) in [5, 5.41) is 3.21. The summed E-state index contributed by atoms with van der Waals surface area (Å²) in [4.78, 5) is 34.0. The molecule has 4 heterocycles. The number of anilines is 1. The maximum absolute atomic E-state index is 13.8. The first kappa shape index (κ1) is 34.5. The number of hydrogen-bond donors (Lipinski definition) is 2. The Hall–Kier alpha value is -3.79. The highest BCUT2D eigenvalue weighted by Crippen LogP contribution is 2.41. The van der Waals surface area contributed by atoms with Gasteiger partial charge in [0.1, 0.15) is 9.24 Å². The number of rotatable bonds is 15. The van der Waals surface area contributed by atoms with Crippen LogP contribution in [0.15, 0.2) is 64.1 Å². The van der Waals surface area contributed by atoms with Crippen LogP contribution in [0.5, 0.6) is 17.2 Å². The summed E-state index contributed by atoms with van der Waals surface area (Å²) in [6.07, 6.45) is 7.44. The molecule has 0 atom stereocenters. The van der Waals surface area contributed by atoms with Gasteiger partial charge >= 0.3 is 0 Å². The second-order valence-electron chi connectivity index (χ2n) is 11.3. The topological polar surface area (TPSA) is 149 Å². The molecule has 0 bridgehead atoms. The van der Waals surface area contributed by atoms with Crippen molar-refractivity contribution in [1.82, 2.24) is 30.2 Å². The van der Waals surface area contributed by atoms with E-state index in [0.29, 0.717) is 24.0 Å². The Balaban J connectivity index is 1.49. The van der Waals surface area contributed by atoms with Crippen molar-refractivity contribution in [3.8, 4) is 28.9 Å². The molecule has 0 radical (unpaired) electrons. The Labute approximate surface area is 283 Å². The number of methoxy groups -OCH3 is 1. The molecule has 1 aliphatic rings. The summed E-state index contributed by atoms with van der Waals surface area (Å²) in [5.41, 5.74) is 0. The quantitative estimate of drug-likeness (QED) is 0.120. The molecule has 250 valence electrons. The molecular weight excluding hydrogens is 659 g/mol. The maximum atomic E-state index is 13.8. The van der Waals surface area contributed by atoms with Crippen LogP contribution in [0, 0.1) is 5.92 Å². The van der Waals surface area contributed by atoms with E-state index < -0.39 is 10.0 Å². The number of thioether (sulfide) groups is 1. The van der Waals surface area contributed by atoms with Gasteiger partial charge in [0.25, 0.3) is 10.0 Å². The number of likely N-dealkylation sites (tertiary alicyclic amines) is 1. The highest BCUT2D eigenvalue weighted by atomic mass is 32.2. The lowest BCUT2D eigenvalue weighted by molar-refractivity contribution is -0.118. The minimum Gasteiger partial charge on any atom is -0.493 e. The fourth-order valence-electron chi connectivity index (χ4n) is 4.93. The summed E-state index contributed by atoms with van der Waals surface area (Å²) >= 11 is 2.30. The van der Waals surface area contributed by atoms with Gasteiger partial charge in [-0.15, -0.1) is 11.3 Å². The third kappa shape index (κ3) is 9.62. The second-order valence-corrected chi connectivity index (χ2v) is 15.4. The number of para-hydroxylation sites is 2. The molecule has 3 aromatic heterocycles. The van der Waals surface area contributed by atoms with Gasteiger partial charge in [-0.05, 0) is 68.6 Å². The molecule has 1 saturated heterocycles. The molecule has 15 heteroatoms. The average molecular weight is 698 g/mol. The lowest BCUT2D eigenvalue weighted by atomic mass is 10.1. The molecule has 4 aromatic rings. The van der Waals surface area contributed by atoms with Crippen molar-refractivity contribution in [3.05, 3.63) is 59.7 Å². The van der Waals surface area contributed by atoms with Crippen LogP contribution in [-0.2, 0) is 21.2 Å². The molecule has 47 heavy (non-hydrogen) atoms. The van der Waals surface area contributed by atoms with Crippen molar-refractivity contribution in [2.24, 2.45) is 5.92 Å². The molecule has 2 N–H and O–H groups in total. The Kier molecular flexibility index (Phi) is 12.0. The SMILES string of the molecule is COc1ccccc1Oc1c(NS(=O)(=O)c2ccc(CC(C)C)s2)nc(-c2ncccn2)nc1SCC(=O)NCCN1CCCCC1. The van der Waals surface area contributed by atoms with Crippen molar-refractivity contribution in [2.75, 3.05) is 43.8 Å². The van der Waals surface area contributed by atoms with Gasteiger partial charge in [0.15, 0.2) is 23.1 Å². The van der Waals surface area contributed by atoms with Gasteiger partial charge in [0.2, 0.25) is 17.5 Å². The fraction of sp³-hybridized carbons (Fsp3) is 0.406. The number of benzene rings is 1. The van der Waals surface area contributed by atoms with E-state index in [0.717, 1.165) is 42.7 Å². The van der Waals surface area contributed by atoms with Gasteiger partial charge in [-0.3, -0.25) is 9.52 Å². The minimum atomic E-state index is -4.10. The largest absolute Gasteiger partial charge is 0.493 e. The molecule has 0 unspecified atom stereocenters. The highest BCUT2D eigenvalue weighted by molar-refractivity contribution is 8.00. The standard InChI is InChI=1S/C32H39N7O5S3/c1-22(2)20-23-12-13-27(46-23)47(41,42)38-29-28(44-25-11-6-5-10-24(25)43-3)32(37-31(36-29)30-34-14-9-15-35-30)45-21-26(40)33-16-19-39-17-7-4-8-18-39/h5-6,9-15,22H,4,7-8,16-21H2,1-3H3,(H,33,40)(H,36,37,38). The van der Waals surface area contributed by atoms with Crippen LogP contribution in [0.3, 0.4) is 0 Å². The Morgan fingerprint density at radius 1 is 1.00 bits per heavy atom. The van der Waals surface area contributed by atoms with Gasteiger partial charge in [0, 0.05) is 30.4 Å². The maximum Gasteiger partial charge on any atom is 0.272 e. The first-order valence-electron chi connectivity index (χ1n) is 15.5. The monoisotopic (exact) mass is 697 g/mol. The van der Waals surface area contributed by atoms with E-state index in [1.54, 1.807) is 48.8 Å². The van der Waals surface area contributed by atoms with Gasteiger partial charge in [-0.25, -0.2) is 28.4 Å². The van der Waals surface area contributed by atoms with Crippen molar-refractivity contribution in [1.29, 1.82) is 0 Å². The van der Waals surface area contributed by atoms with E-state index in [1.165, 1.54) is 37.7 Å². The smallest absolute Gasteiger partial charge is 0.272 e. The number of aromatic nitrogens is 4. The third-order valence-electron chi connectivity index (χ3n) is 7.16. The van der Waals surface area contributed by atoms with E-state index >= 15 is 0 Å². The number of nitrogens with one attached hydrogen (secondary N) is 2. The number of ether oxygens (including phenoxy) is 2. The van der Waals surface area contributed by atoms with E-state index in [4.69, 9.17) is 9.47 Å². The fourth-order valence-corrected chi connectivity index (χ4v) is 8.29. The molecule has 1 aliphatic heterocycles. The molecule has 1 fully saturated rings. The number of carbonyl (C=O) groups is 1. The number of piperidine rings is 1. The molecule has 12 nitrogen and oxygen atoms in total. The summed E-state index contributed by atoms with van der Waals surface area (Å²) in [7, 11) is -2.59. The van der Waals surface area contributed by atoms with E-state index in [2.05, 4.69) is 48.7 Å². The van der Waals surface area contributed by atoms with Gasteiger partial charge in [-0.2, -0.15) is 0 Å². The van der Waals surface area contributed by atoms with Crippen LogP contribution in [0.25, 0.3) is 11.6 Å². The summed E-state index contributed by atoms with van der Waals surface area (Å²) in [6.45, 7) is 7.56. The highest BCUT2D eigenvalue weighted by Gasteiger charge is 2.26. The van der Waals surface area contributed by atoms with E-state index in [-0.39, 0.29) is 44.1 Å². The molecule has 1 amide bonds. The zero-order valence-electron chi connectivity index (χ0n) is 26.6. The van der Waals surface area contributed by atoms with Crippen LogP contribution in [0.2, 0.25) is 0 Å². The summed E-state index contributed by atoms with van der Waals surface area (Å²) in [6, 6.07) is 12.0. The number of amides is 1. The van der Waals surface area contributed by atoms with Crippen LogP contribution in [0.4, 0.5) is 5.82 Å². The molecule has 1 aromatic carbocycles. The lowest BCUT2D eigenvalue weighted by Gasteiger charge is -2.26. The molecular formula is C32H39N7O5S3. The van der Waals surface area contributed by atoms with E-state index in [9.17, 15) is 13.2 Å². The van der Waals surface area contributed by atoms with Gasteiger partial charge in [0.05, 0.1) is 12.9 Å². The zero-order valence-corrected chi connectivity index (χ0v) is 29.1. The number of hydrogen-bond acceptors (Lipinski definition) is 12. The Bertz CT molecular complexity index is 1750. The van der Waals surface area contributed by atoms with Crippen LogP contribution < -0.4 is 19.5 Å². The Morgan fingerprint density at radius 2 is 1.74 bits per heavy atom. The van der Waals surface area contributed by atoms with Crippen molar-refractivity contribution < 1.29 is 22.7 Å². The molecule has 0 saturated carbocycles. The molecule has 0 aliphatic carbocycles. The predicted molar refractivity (Wildman–Crippen MR) is 184 cm³/mol.